The second-order valence-corrected chi connectivity index (χ2v) is 7.24. The molecule has 0 aliphatic heterocycles. The lowest BCUT2D eigenvalue weighted by molar-refractivity contribution is -0.384. The minimum absolute atomic E-state index is 0. The quantitative estimate of drug-likeness (QED) is 0.124. The number of aromatic nitrogens is 1. The van der Waals surface area contributed by atoms with E-state index in [4.69, 9.17) is 0 Å². The Morgan fingerprint density at radius 2 is 1.96 bits per heavy atom. The van der Waals surface area contributed by atoms with E-state index in [9.17, 15) is 10.1 Å². The smallest absolute Gasteiger partial charge is 0.269 e. The Balaban J connectivity index is 0.00000392. The van der Waals surface area contributed by atoms with Crippen LogP contribution in [-0.2, 0) is 12.8 Å². The highest BCUT2D eigenvalue weighted by Crippen LogP contribution is 2.13. The molecule has 0 aliphatic carbocycles. The molecule has 0 fully saturated rings. The van der Waals surface area contributed by atoms with E-state index in [1.54, 1.807) is 23.5 Å². The molecule has 154 valence electrons. The number of nitro groups is 1. The Hall–Kier alpha value is -1.75. The predicted octanol–water partition coefficient (Wildman–Crippen LogP) is 4.10. The maximum atomic E-state index is 10.7. The first-order chi connectivity index (χ1) is 13.1. The van der Waals surface area contributed by atoms with Crippen LogP contribution in [0.25, 0.3) is 0 Å². The van der Waals surface area contributed by atoms with Crippen molar-refractivity contribution in [3.05, 3.63) is 56.0 Å². The van der Waals surface area contributed by atoms with E-state index < -0.39 is 0 Å². The summed E-state index contributed by atoms with van der Waals surface area (Å²) < 4.78 is 0. The molecule has 0 bridgehead atoms. The molecular formula is C19H28IN5O2S. The van der Waals surface area contributed by atoms with E-state index in [-0.39, 0.29) is 34.6 Å². The standard InChI is InChI=1S/C19H27N5O2S.HI/c1-3-20-19(22-13-11-17-14-27-15(2)23-17)21-12-5-4-6-16-7-9-18(10-8-16)24(25)26;/h7-10,14H,3-6,11-13H2,1-2H3,(H2,20,21,22);1H. The SMILES string of the molecule is CCNC(=NCCCCc1ccc([N+](=O)[O-])cc1)NCCc1csc(C)n1.I. The Morgan fingerprint density at radius 3 is 2.57 bits per heavy atom. The molecule has 0 unspecified atom stereocenters. The highest BCUT2D eigenvalue weighted by atomic mass is 127. The average Bonchev–Trinajstić information content (AvgIpc) is 3.07. The van der Waals surface area contributed by atoms with Crippen molar-refractivity contribution >= 4 is 47.0 Å². The van der Waals surface area contributed by atoms with Crippen LogP contribution < -0.4 is 10.6 Å². The van der Waals surface area contributed by atoms with Crippen molar-refractivity contribution in [1.29, 1.82) is 0 Å². The number of nitro benzene ring substituents is 1. The normalized spacial score (nSPS) is 11.0. The van der Waals surface area contributed by atoms with Gasteiger partial charge in [-0.2, -0.15) is 0 Å². The zero-order chi connectivity index (χ0) is 19.5. The van der Waals surface area contributed by atoms with E-state index in [0.717, 1.165) is 67.5 Å². The summed E-state index contributed by atoms with van der Waals surface area (Å²) in [7, 11) is 0. The summed E-state index contributed by atoms with van der Waals surface area (Å²) in [6.07, 6.45) is 3.76. The number of unbranched alkanes of at least 4 members (excludes halogenated alkanes) is 1. The van der Waals surface area contributed by atoms with Crippen LogP contribution in [0.2, 0.25) is 0 Å². The fourth-order valence-corrected chi connectivity index (χ4v) is 3.24. The third-order valence-electron chi connectivity index (χ3n) is 3.98. The van der Waals surface area contributed by atoms with Crippen LogP contribution >= 0.6 is 35.3 Å². The number of halogens is 1. The van der Waals surface area contributed by atoms with Crippen LogP contribution in [0.3, 0.4) is 0 Å². The number of nitrogens with zero attached hydrogens (tertiary/aromatic N) is 3. The first kappa shape index (κ1) is 24.3. The number of aryl methyl sites for hydroxylation is 2. The first-order valence-corrected chi connectivity index (χ1v) is 10.1. The molecule has 0 saturated carbocycles. The number of nitrogens with one attached hydrogen (secondary N) is 2. The van der Waals surface area contributed by atoms with Crippen LogP contribution in [0.5, 0.6) is 0 Å². The van der Waals surface area contributed by atoms with Gasteiger partial charge in [-0.15, -0.1) is 35.3 Å². The molecule has 0 aliphatic rings. The predicted molar refractivity (Wildman–Crippen MR) is 126 cm³/mol. The van der Waals surface area contributed by atoms with Crippen LogP contribution in [-0.4, -0.2) is 35.5 Å². The van der Waals surface area contributed by atoms with Crippen LogP contribution in [0.4, 0.5) is 5.69 Å². The number of benzene rings is 1. The topological polar surface area (TPSA) is 92.5 Å². The van der Waals surface area contributed by atoms with Gasteiger partial charge in [0.1, 0.15) is 0 Å². The van der Waals surface area contributed by atoms with Gasteiger partial charge in [-0.05, 0) is 38.7 Å². The zero-order valence-electron chi connectivity index (χ0n) is 16.3. The number of rotatable bonds is 10. The second-order valence-electron chi connectivity index (χ2n) is 6.18. The Bertz CT molecular complexity index is 749. The van der Waals surface area contributed by atoms with Gasteiger partial charge in [-0.3, -0.25) is 15.1 Å². The first-order valence-electron chi connectivity index (χ1n) is 9.25. The van der Waals surface area contributed by atoms with Crippen LogP contribution in [0.15, 0.2) is 34.6 Å². The zero-order valence-corrected chi connectivity index (χ0v) is 19.5. The molecule has 1 aromatic carbocycles. The number of aliphatic imine (C=N–C) groups is 1. The summed E-state index contributed by atoms with van der Waals surface area (Å²) in [6.45, 7) is 6.44. The highest BCUT2D eigenvalue weighted by molar-refractivity contribution is 14.0. The maximum Gasteiger partial charge on any atom is 0.269 e. The molecule has 0 spiro atoms. The van der Waals surface area contributed by atoms with E-state index in [2.05, 4.69) is 32.9 Å². The summed E-state index contributed by atoms with van der Waals surface area (Å²) in [5, 5.41) is 20.5. The second kappa shape index (κ2) is 13.4. The third-order valence-corrected chi connectivity index (χ3v) is 4.80. The van der Waals surface area contributed by atoms with Gasteiger partial charge in [0.15, 0.2) is 5.96 Å². The maximum absolute atomic E-state index is 10.7. The van der Waals surface area contributed by atoms with Crippen LogP contribution in [0.1, 0.15) is 36.0 Å². The van der Waals surface area contributed by atoms with Gasteiger partial charge in [0, 0.05) is 43.6 Å². The van der Waals surface area contributed by atoms with Gasteiger partial charge in [-0.25, -0.2) is 4.98 Å². The molecule has 7 nitrogen and oxygen atoms in total. The molecule has 1 aromatic heterocycles. The highest BCUT2D eigenvalue weighted by Gasteiger charge is 2.04. The summed E-state index contributed by atoms with van der Waals surface area (Å²) in [5.74, 6) is 0.833. The van der Waals surface area contributed by atoms with Crippen LogP contribution in [0, 0.1) is 17.0 Å². The van der Waals surface area contributed by atoms with E-state index in [1.165, 1.54) is 0 Å². The van der Waals surface area contributed by atoms with Crippen molar-refractivity contribution < 1.29 is 4.92 Å². The molecule has 0 atom stereocenters. The molecule has 1 heterocycles. The largest absolute Gasteiger partial charge is 0.357 e. The minimum Gasteiger partial charge on any atom is -0.357 e. The molecular weight excluding hydrogens is 489 g/mol. The van der Waals surface area contributed by atoms with Gasteiger partial charge in [0.05, 0.1) is 15.6 Å². The van der Waals surface area contributed by atoms with Crippen molar-refractivity contribution in [3.63, 3.8) is 0 Å². The van der Waals surface area contributed by atoms with Gasteiger partial charge in [0.25, 0.3) is 5.69 Å². The van der Waals surface area contributed by atoms with Crippen molar-refractivity contribution in [2.75, 3.05) is 19.6 Å². The van der Waals surface area contributed by atoms with Gasteiger partial charge in [-0.1, -0.05) is 12.1 Å². The number of hydrogen-bond donors (Lipinski definition) is 2. The van der Waals surface area contributed by atoms with Crippen molar-refractivity contribution in [2.24, 2.45) is 4.99 Å². The minimum atomic E-state index is -0.372. The van der Waals surface area contributed by atoms with Crippen molar-refractivity contribution in [3.8, 4) is 0 Å². The summed E-state index contributed by atoms with van der Waals surface area (Å²) in [4.78, 5) is 19.4. The van der Waals surface area contributed by atoms with Crippen molar-refractivity contribution in [2.45, 2.75) is 39.5 Å². The fraction of sp³-hybridized carbons (Fsp3) is 0.474. The molecule has 0 amide bonds. The summed E-state index contributed by atoms with van der Waals surface area (Å²) >= 11 is 1.68. The summed E-state index contributed by atoms with van der Waals surface area (Å²) in [5.41, 5.74) is 2.37. The molecule has 2 N–H and O–H groups in total. The van der Waals surface area contributed by atoms with E-state index in [1.807, 2.05) is 19.1 Å². The van der Waals surface area contributed by atoms with Gasteiger partial charge >= 0.3 is 0 Å². The molecule has 2 rings (SSSR count). The van der Waals surface area contributed by atoms with Crippen molar-refractivity contribution in [1.82, 2.24) is 15.6 Å². The number of hydrogen-bond acceptors (Lipinski definition) is 5. The van der Waals surface area contributed by atoms with Gasteiger partial charge < -0.3 is 10.6 Å². The number of thiazole rings is 1. The Labute approximate surface area is 187 Å². The fourth-order valence-electron chi connectivity index (χ4n) is 2.59. The molecule has 0 saturated heterocycles. The van der Waals surface area contributed by atoms with Gasteiger partial charge in [0.2, 0.25) is 0 Å². The summed E-state index contributed by atoms with van der Waals surface area (Å²) in [6, 6.07) is 6.77. The molecule has 28 heavy (non-hydrogen) atoms. The molecule has 2 aromatic rings. The van der Waals surface area contributed by atoms with E-state index in [0.29, 0.717) is 0 Å². The lowest BCUT2D eigenvalue weighted by atomic mass is 10.1. The lowest BCUT2D eigenvalue weighted by Gasteiger charge is -2.10. The average molecular weight is 517 g/mol. The monoisotopic (exact) mass is 517 g/mol. The van der Waals surface area contributed by atoms with E-state index >= 15 is 0 Å². The Morgan fingerprint density at radius 1 is 1.21 bits per heavy atom. The molecule has 9 heteroatoms. The number of non-ortho nitro benzene ring substituents is 1. The number of guanidine groups is 1. The lowest BCUT2D eigenvalue weighted by Crippen LogP contribution is -2.38. The Kier molecular flexibility index (Phi) is 11.7. The third kappa shape index (κ3) is 8.96. The molecule has 0 radical (unpaired) electrons.